The number of hydrogen-bond acceptors (Lipinski definition) is 3. The Hall–Kier alpha value is -3.08. The number of hydrogen-bond donors (Lipinski definition) is 0. The minimum absolute atomic E-state index is 0.0623. The molecule has 0 spiro atoms. The molecule has 1 saturated heterocycles. The Balaban J connectivity index is 1.42. The van der Waals surface area contributed by atoms with E-state index in [1.54, 1.807) is 12.1 Å². The quantitative estimate of drug-likeness (QED) is 0.694. The van der Waals surface area contributed by atoms with Crippen molar-refractivity contribution in [3.63, 3.8) is 0 Å². The molecule has 0 saturated carbocycles. The van der Waals surface area contributed by atoms with Crippen LogP contribution in [-0.4, -0.2) is 26.8 Å². The summed E-state index contributed by atoms with van der Waals surface area (Å²) in [6.07, 6.45) is 4.99. The zero-order valence-corrected chi connectivity index (χ0v) is 15.4. The molecule has 3 heterocycles. The summed E-state index contributed by atoms with van der Waals surface area (Å²) in [5.41, 5.74) is 3.92. The van der Waals surface area contributed by atoms with Crippen LogP contribution in [-0.2, 0) is 17.6 Å². The highest BCUT2D eigenvalue weighted by atomic mass is 19.1. The largest absolute Gasteiger partial charge is 0.332 e. The number of carbonyl (C=O) groups excluding carboxylic acids is 1. The van der Waals surface area contributed by atoms with Gasteiger partial charge in [-0.1, -0.05) is 30.3 Å². The van der Waals surface area contributed by atoms with E-state index in [1.165, 1.54) is 12.1 Å². The Labute approximate surface area is 163 Å². The van der Waals surface area contributed by atoms with E-state index in [0.29, 0.717) is 12.2 Å². The summed E-state index contributed by atoms with van der Waals surface area (Å²) in [7, 11) is 0. The maximum atomic E-state index is 13.2. The predicted octanol–water partition coefficient (Wildman–Crippen LogP) is 4.11. The first-order valence-corrected chi connectivity index (χ1v) is 9.66. The van der Waals surface area contributed by atoms with Crippen molar-refractivity contribution in [1.82, 2.24) is 14.9 Å². The Morgan fingerprint density at radius 1 is 1.07 bits per heavy atom. The zero-order chi connectivity index (χ0) is 19.1. The molecule has 5 rings (SSSR count). The van der Waals surface area contributed by atoms with Crippen molar-refractivity contribution in [1.29, 1.82) is 0 Å². The summed E-state index contributed by atoms with van der Waals surface area (Å²) in [6, 6.07) is 16.4. The first kappa shape index (κ1) is 17.0. The van der Waals surface area contributed by atoms with Crippen molar-refractivity contribution in [3.8, 4) is 11.4 Å². The number of carbonyl (C=O) groups is 1. The zero-order valence-electron chi connectivity index (χ0n) is 15.4. The summed E-state index contributed by atoms with van der Waals surface area (Å²) in [6.45, 7) is 0. The van der Waals surface area contributed by atoms with E-state index in [1.807, 2.05) is 36.5 Å². The first-order valence-electron chi connectivity index (χ1n) is 9.66. The van der Waals surface area contributed by atoms with Gasteiger partial charge in [-0.05, 0) is 42.7 Å². The molecule has 2 aliphatic rings. The minimum atomic E-state index is -0.271. The van der Waals surface area contributed by atoms with E-state index in [0.717, 1.165) is 41.6 Å². The van der Waals surface area contributed by atoms with Crippen molar-refractivity contribution in [2.24, 2.45) is 0 Å². The lowest BCUT2D eigenvalue weighted by molar-refractivity contribution is -0.134. The molecule has 2 atom stereocenters. The second kappa shape index (κ2) is 6.82. The van der Waals surface area contributed by atoms with Gasteiger partial charge >= 0.3 is 0 Å². The number of nitrogens with zero attached hydrogens (tertiary/aromatic N) is 3. The second-order valence-corrected chi connectivity index (χ2v) is 7.52. The number of benzene rings is 2. The smallest absolute Gasteiger partial charge is 0.227 e. The van der Waals surface area contributed by atoms with E-state index in [2.05, 4.69) is 9.88 Å². The van der Waals surface area contributed by atoms with Crippen LogP contribution in [0.3, 0.4) is 0 Å². The molecular formula is C23H20FN3O. The SMILES string of the molecule is O=C(Cc1ccccc1)N1C2CCC1c1cnc(-c3ccc(F)cc3)nc1C2. The first-order chi connectivity index (χ1) is 13.7. The minimum Gasteiger partial charge on any atom is -0.332 e. The van der Waals surface area contributed by atoms with Gasteiger partial charge in [-0.25, -0.2) is 14.4 Å². The number of amides is 1. The summed E-state index contributed by atoms with van der Waals surface area (Å²) >= 11 is 0. The van der Waals surface area contributed by atoms with Crippen molar-refractivity contribution < 1.29 is 9.18 Å². The predicted molar refractivity (Wildman–Crippen MR) is 104 cm³/mol. The van der Waals surface area contributed by atoms with Crippen LogP contribution in [0, 0.1) is 5.82 Å². The Bertz CT molecular complexity index is 1020. The molecule has 0 aliphatic carbocycles. The van der Waals surface area contributed by atoms with Crippen molar-refractivity contribution in [2.45, 2.75) is 37.8 Å². The van der Waals surface area contributed by atoms with Gasteiger partial charge in [0.25, 0.3) is 0 Å². The van der Waals surface area contributed by atoms with E-state index >= 15 is 0 Å². The standard InChI is InChI=1S/C23H20FN3O/c24-17-8-6-16(7-9-17)23-25-14-19-20(26-23)13-18-10-11-21(19)27(18)22(28)12-15-4-2-1-3-5-15/h1-9,14,18,21H,10-13H2. The summed E-state index contributed by atoms with van der Waals surface area (Å²) in [5.74, 6) is 0.515. The molecule has 3 aromatic rings. The molecule has 5 heteroatoms. The maximum absolute atomic E-state index is 13.2. The van der Waals surface area contributed by atoms with Gasteiger partial charge in [-0.15, -0.1) is 0 Å². The highest BCUT2D eigenvalue weighted by Crippen LogP contribution is 2.43. The molecule has 0 N–H and O–H groups in total. The van der Waals surface area contributed by atoms with E-state index in [9.17, 15) is 9.18 Å². The molecule has 0 radical (unpaired) electrons. The summed E-state index contributed by atoms with van der Waals surface area (Å²) in [4.78, 5) is 24.3. The Morgan fingerprint density at radius 2 is 1.86 bits per heavy atom. The van der Waals surface area contributed by atoms with Gasteiger partial charge in [-0.3, -0.25) is 4.79 Å². The highest BCUT2D eigenvalue weighted by Gasteiger charge is 2.43. The molecule has 2 aromatic carbocycles. The Morgan fingerprint density at radius 3 is 2.64 bits per heavy atom. The molecular weight excluding hydrogens is 353 g/mol. The van der Waals surface area contributed by atoms with Gasteiger partial charge in [0.15, 0.2) is 5.82 Å². The fourth-order valence-electron chi connectivity index (χ4n) is 4.46. The maximum Gasteiger partial charge on any atom is 0.227 e. The van der Waals surface area contributed by atoms with E-state index < -0.39 is 0 Å². The lowest BCUT2D eigenvalue weighted by Crippen LogP contribution is -2.43. The average molecular weight is 373 g/mol. The molecule has 2 bridgehead atoms. The molecule has 140 valence electrons. The van der Waals surface area contributed by atoms with Gasteiger partial charge < -0.3 is 4.90 Å². The third-order valence-electron chi connectivity index (χ3n) is 5.78. The van der Waals surface area contributed by atoms with Gasteiger partial charge in [0, 0.05) is 29.8 Å². The van der Waals surface area contributed by atoms with Crippen molar-refractivity contribution >= 4 is 5.91 Å². The van der Waals surface area contributed by atoms with Crippen molar-refractivity contribution in [2.75, 3.05) is 0 Å². The highest BCUT2D eigenvalue weighted by molar-refractivity contribution is 5.80. The number of rotatable bonds is 3. The molecule has 2 unspecified atom stereocenters. The Kier molecular flexibility index (Phi) is 4.15. The third kappa shape index (κ3) is 2.97. The fourth-order valence-corrected chi connectivity index (χ4v) is 4.46. The third-order valence-corrected chi connectivity index (χ3v) is 5.78. The molecule has 4 nitrogen and oxygen atoms in total. The van der Waals surface area contributed by atoms with Crippen LogP contribution in [0.15, 0.2) is 60.8 Å². The van der Waals surface area contributed by atoms with Crippen LogP contribution in [0.25, 0.3) is 11.4 Å². The normalized spacial score (nSPS) is 20.1. The molecule has 1 aromatic heterocycles. The number of aromatic nitrogens is 2. The monoisotopic (exact) mass is 373 g/mol. The van der Waals surface area contributed by atoms with Crippen LogP contribution >= 0.6 is 0 Å². The summed E-state index contributed by atoms with van der Waals surface area (Å²) in [5, 5.41) is 0. The van der Waals surface area contributed by atoms with Crippen LogP contribution in [0.2, 0.25) is 0 Å². The number of fused-ring (bicyclic) bond motifs is 4. The molecule has 28 heavy (non-hydrogen) atoms. The molecule has 1 amide bonds. The average Bonchev–Trinajstić information content (AvgIpc) is 3.04. The molecule has 1 fully saturated rings. The van der Waals surface area contributed by atoms with Crippen LogP contribution in [0.1, 0.15) is 35.7 Å². The lowest BCUT2D eigenvalue weighted by Gasteiger charge is -2.36. The topological polar surface area (TPSA) is 46.1 Å². The van der Waals surface area contributed by atoms with E-state index in [4.69, 9.17) is 4.98 Å². The van der Waals surface area contributed by atoms with Gasteiger partial charge in [0.1, 0.15) is 5.82 Å². The second-order valence-electron chi connectivity index (χ2n) is 7.52. The van der Waals surface area contributed by atoms with Crippen molar-refractivity contribution in [3.05, 3.63) is 83.4 Å². The van der Waals surface area contributed by atoms with Crippen LogP contribution in [0.5, 0.6) is 0 Å². The lowest BCUT2D eigenvalue weighted by atomic mass is 9.98. The summed E-state index contributed by atoms with van der Waals surface area (Å²) < 4.78 is 13.2. The van der Waals surface area contributed by atoms with Crippen LogP contribution in [0.4, 0.5) is 4.39 Å². The number of halogens is 1. The van der Waals surface area contributed by atoms with E-state index in [-0.39, 0.29) is 23.8 Å². The fraction of sp³-hybridized carbons (Fsp3) is 0.261. The van der Waals surface area contributed by atoms with Gasteiger partial charge in [0.05, 0.1) is 18.2 Å². The van der Waals surface area contributed by atoms with Gasteiger partial charge in [0.2, 0.25) is 5.91 Å². The van der Waals surface area contributed by atoms with Gasteiger partial charge in [-0.2, -0.15) is 0 Å². The molecule has 2 aliphatic heterocycles. The van der Waals surface area contributed by atoms with Crippen LogP contribution < -0.4 is 0 Å².